The third-order valence-electron chi connectivity index (χ3n) is 5.42. The minimum atomic E-state index is -0.313. The van der Waals surface area contributed by atoms with Crippen LogP contribution in [0.3, 0.4) is 0 Å². The van der Waals surface area contributed by atoms with Crippen molar-refractivity contribution in [3.8, 4) is 5.75 Å². The summed E-state index contributed by atoms with van der Waals surface area (Å²) < 4.78 is 19.5. The molecule has 2 heterocycles. The van der Waals surface area contributed by atoms with Crippen LogP contribution in [0.5, 0.6) is 5.75 Å². The van der Waals surface area contributed by atoms with E-state index >= 15 is 0 Å². The lowest BCUT2D eigenvalue weighted by Gasteiger charge is -2.37. The lowest BCUT2D eigenvalue weighted by molar-refractivity contribution is -0.130. The normalized spacial score (nSPS) is 15.2. The maximum atomic E-state index is 13.5. The van der Waals surface area contributed by atoms with Crippen LogP contribution in [0.1, 0.15) is 52.1 Å². The molecule has 2 amide bonds. The number of hydrogen-bond acceptors (Lipinski definition) is 5. The number of nitrogens with one attached hydrogen (secondary N) is 1. The molecule has 0 saturated heterocycles. The summed E-state index contributed by atoms with van der Waals surface area (Å²) >= 11 is 1.37. The summed E-state index contributed by atoms with van der Waals surface area (Å²) in [5.41, 5.74) is 3.34. The van der Waals surface area contributed by atoms with Gasteiger partial charge in [-0.15, -0.1) is 11.3 Å². The summed E-state index contributed by atoms with van der Waals surface area (Å²) in [4.78, 5) is 30.4. The number of carbonyl (C=O) groups excluding carboxylic acids is 2. The van der Waals surface area contributed by atoms with Gasteiger partial charge in [0.15, 0.2) is 0 Å². The van der Waals surface area contributed by atoms with E-state index in [4.69, 9.17) is 4.74 Å². The molecule has 3 aromatic rings. The molecule has 1 atom stereocenters. The Morgan fingerprint density at radius 3 is 2.75 bits per heavy atom. The lowest BCUT2D eigenvalue weighted by atomic mass is 9.88. The number of carbonyl (C=O) groups is 2. The number of thiazole rings is 1. The first-order valence-corrected chi connectivity index (χ1v) is 11.3. The lowest BCUT2D eigenvalue weighted by Crippen LogP contribution is -2.39. The molecule has 6 nitrogen and oxygen atoms in total. The van der Waals surface area contributed by atoms with E-state index in [9.17, 15) is 14.0 Å². The molecule has 1 aliphatic heterocycles. The summed E-state index contributed by atoms with van der Waals surface area (Å²) in [5, 5.41) is 5.14. The maximum Gasteiger partial charge on any atom is 0.270 e. The minimum Gasteiger partial charge on any atom is -0.486 e. The summed E-state index contributed by atoms with van der Waals surface area (Å²) in [6.45, 7) is 4.80. The van der Waals surface area contributed by atoms with Gasteiger partial charge >= 0.3 is 0 Å². The molecule has 8 heteroatoms. The highest BCUT2D eigenvalue weighted by Crippen LogP contribution is 2.37. The zero-order valence-corrected chi connectivity index (χ0v) is 18.7. The molecule has 4 rings (SSSR count). The van der Waals surface area contributed by atoms with Gasteiger partial charge in [-0.2, -0.15) is 0 Å². The first-order valence-electron chi connectivity index (χ1n) is 10.5. The van der Waals surface area contributed by atoms with Crippen LogP contribution in [0.4, 0.5) is 4.39 Å². The Morgan fingerprint density at radius 1 is 1.25 bits per heavy atom. The molecule has 32 heavy (non-hydrogen) atoms. The topological polar surface area (TPSA) is 71.5 Å². The van der Waals surface area contributed by atoms with Crippen molar-refractivity contribution in [3.05, 3.63) is 81.1 Å². The molecule has 1 aliphatic rings. The largest absolute Gasteiger partial charge is 0.486 e. The van der Waals surface area contributed by atoms with Crippen molar-refractivity contribution in [2.24, 2.45) is 0 Å². The second kappa shape index (κ2) is 9.48. The number of fused-ring (bicyclic) bond motifs is 1. The number of hydrogen-bond donors (Lipinski definition) is 1. The molecule has 166 valence electrons. The second-order valence-corrected chi connectivity index (χ2v) is 8.49. The summed E-state index contributed by atoms with van der Waals surface area (Å²) in [7, 11) is 0. The summed E-state index contributed by atoms with van der Waals surface area (Å²) in [6, 6.07) is 11.8. The molecular formula is C24H24FN3O3S. The number of ether oxygens (including phenoxy) is 1. The number of amides is 2. The summed E-state index contributed by atoms with van der Waals surface area (Å²) in [6.07, 6.45) is 0.745. The Morgan fingerprint density at radius 2 is 2.03 bits per heavy atom. The predicted molar refractivity (Wildman–Crippen MR) is 120 cm³/mol. The Labute approximate surface area is 190 Å². The number of rotatable bonds is 6. The number of benzene rings is 2. The van der Waals surface area contributed by atoms with Crippen LogP contribution in [0.15, 0.2) is 47.8 Å². The molecule has 0 saturated carbocycles. The second-order valence-electron chi connectivity index (χ2n) is 7.55. The smallest absolute Gasteiger partial charge is 0.270 e. The van der Waals surface area contributed by atoms with Crippen LogP contribution in [-0.4, -0.2) is 34.8 Å². The van der Waals surface area contributed by atoms with E-state index in [-0.39, 0.29) is 30.3 Å². The van der Waals surface area contributed by atoms with Crippen LogP contribution in [0, 0.1) is 5.82 Å². The zero-order valence-electron chi connectivity index (χ0n) is 17.9. The van der Waals surface area contributed by atoms with Gasteiger partial charge in [-0.25, -0.2) is 9.37 Å². The monoisotopic (exact) mass is 453 g/mol. The number of halogens is 1. The predicted octanol–water partition coefficient (Wildman–Crippen LogP) is 4.10. The van der Waals surface area contributed by atoms with Gasteiger partial charge in [0.25, 0.3) is 5.91 Å². The van der Waals surface area contributed by atoms with E-state index in [1.54, 1.807) is 29.3 Å². The van der Waals surface area contributed by atoms with Crippen LogP contribution >= 0.6 is 11.3 Å². The molecule has 1 aromatic heterocycles. The average Bonchev–Trinajstić information content (AvgIpc) is 3.27. The van der Waals surface area contributed by atoms with Crippen molar-refractivity contribution in [3.63, 3.8) is 0 Å². The zero-order chi connectivity index (χ0) is 22.7. The van der Waals surface area contributed by atoms with Crippen molar-refractivity contribution < 1.29 is 18.7 Å². The van der Waals surface area contributed by atoms with Crippen molar-refractivity contribution in [2.45, 2.75) is 32.9 Å². The molecule has 0 unspecified atom stereocenters. The molecule has 0 aliphatic carbocycles. The van der Waals surface area contributed by atoms with Crippen LogP contribution in [0.2, 0.25) is 0 Å². The first-order chi connectivity index (χ1) is 15.5. The number of nitrogens with zero attached hydrogens (tertiary/aromatic N) is 2. The number of aromatic nitrogens is 1. The van der Waals surface area contributed by atoms with Gasteiger partial charge in [0.2, 0.25) is 5.91 Å². The first kappa shape index (κ1) is 22.0. The van der Waals surface area contributed by atoms with Gasteiger partial charge in [0.05, 0.1) is 6.04 Å². The average molecular weight is 454 g/mol. The fourth-order valence-electron chi connectivity index (χ4n) is 3.90. The molecule has 1 N–H and O–H groups in total. The molecule has 0 radical (unpaired) electrons. The third kappa shape index (κ3) is 4.65. The molecule has 0 spiro atoms. The maximum absolute atomic E-state index is 13.5. The quantitative estimate of drug-likeness (QED) is 0.610. The van der Waals surface area contributed by atoms with E-state index < -0.39 is 0 Å². The van der Waals surface area contributed by atoms with E-state index in [1.165, 1.54) is 23.5 Å². The van der Waals surface area contributed by atoms with Crippen LogP contribution in [-0.2, 0) is 17.8 Å². The fraction of sp³-hybridized carbons (Fsp3) is 0.292. The molecule has 0 bridgehead atoms. The van der Waals surface area contributed by atoms with Crippen molar-refractivity contribution in [1.82, 2.24) is 15.2 Å². The molecule has 0 fully saturated rings. The Bertz CT molecular complexity index is 1130. The van der Waals surface area contributed by atoms with E-state index in [0.717, 1.165) is 23.1 Å². The highest BCUT2D eigenvalue weighted by Gasteiger charge is 2.30. The standard InChI is InChI=1S/C24H24FN3O3S/c1-3-26-24(30)21-14-32-22(27-21)13-31-19-9-6-16-10-11-28(15(2)29)23(20(16)12-19)17-4-7-18(25)8-5-17/h4-9,12,14,23H,3,10-11,13H2,1-2H3,(H,26,30)/t23-/m0/s1. The van der Waals surface area contributed by atoms with Gasteiger partial charge < -0.3 is 15.0 Å². The van der Waals surface area contributed by atoms with Crippen molar-refractivity contribution in [2.75, 3.05) is 13.1 Å². The van der Waals surface area contributed by atoms with Gasteiger partial charge in [0, 0.05) is 25.4 Å². The third-order valence-corrected chi connectivity index (χ3v) is 6.24. The van der Waals surface area contributed by atoms with Gasteiger partial charge in [0.1, 0.15) is 28.9 Å². The summed E-state index contributed by atoms with van der Waals surface area (Å²) in [5.74, 6) is 0.106. The Kier molecular flexibility index (Phi) is 6.50. The van der Waals surface area contributed by atoms with Crippen LogP contribution in [0.25, 0.3) is 0 Å². The molecular weight excluding hydrogens is 429 g/mol. The van der Waals surface area contributed by atoms with Crippen molar-refractivity contribution in [1.29, 1.82) is 0 Å². The fourth-order valence-corrected chi connectivity index (χ4v) is 4.59. The van der Waals surface area contributed by atoms with Crippen LogP contribution < -0.4 is 10.1 Å². The Hall–Kier alpha value is -3.26. The minimum absolute atomic E-state index is 0.0306. The van der Waals surface area contributed by atoms with Gasteiger partial charge in [-0.1, -0.05) is 18.2 Å². The molecule has 2 aromatic carbocycles. The van der Waals surface area contributed by atoms with E-state index in [1.807, 2.05) is 25.1 Å². The van der Waals surface area contributed by atoms with E-state index in [0.29, 0.717) is 29.5 Å². The highest BCUT2D eigenvalue weighted by atomic mass is 32.1. The van der Waals surface area contributed by atoms with Gasteiger partial charge in [-0.3, -0.25) is 9.59 Å². The SMILES string of the molecule is CCNC(=O)c1csc(COc2ccc3c(c2)[C@H](c2ccc(F)cc2)N(C(C)=O)CC3)n1. The van der Waals surface area contributed by atoms with E-state index in [2.05, 4.69) is 10.3 Å². The van der Waals surface area contributed by atoms with Crippen molar-refractivity contribution >= 4 is 23.2 Å². The Balaban J connectivity index is 1.58. The highest BCUT2D eigenvalue weighted by molar-refractivity contribution is 7.09. The van der Waals surface area contributed by atoms with Gasteiger partial charge in [-0.05, 0) is 54.3 Å².